The van der Waals surface area contributed by atoms with Gasteiger partial charge in [-0.25, -0.2) is 4.98 Å². The number of nitrogens with zero attached hydrogens (tertiary/aromatic N) is 3. The summed E-state index contributed by atoms with van der Waals surface area (Å²) in [5.41, 5.74) is 9.09. The molecule has 0 atom stereocenters. The number of carbonyl (C=O) groups excluding carboxylic acids is 1. The van der Waals surface area contributed by atoms with Crippen molar-refractivity contribution in [3.8, 4) is 16.9 Å². The molecule has 0 aliphatic carbocycles. The second kappa shape index (κ2) is 8.33. The van der Waals surface area contributed by atoms with E-state index in [-0.39, 0.29) is 11.6 Å². The molecular weight excluding hydrogens is 346 g/mol. The van der Waals surface area contributed by atoms with E-state index in [2.05, 4.69) is 15.4 Å². The SMILES string of the molecule is COCCOc1ccc(C(=O)Nc2cc(-c3cnn(C)c3)ccc2N)nc1. The van der Waals surface area contributed by atoms with Gasteiger partial charge >= 0.3 is 0 Å². The van der Waals surface area contributed by atoms with E-state index in [1.54, 1.807) is 36.2 Å². The molecule has 8 heteroatoms. The highest BCUT2D eigenvalue weighted by Gasteiger charge is 2.11. The number of benzene rings is 1. The molecule has 1 aromatic carbocycles. The fraction of sp³-hybridized carbons (Fsp3) is 0.211. The molecule has 3 rings (SSSR count). The summed E-state index contributed by atoms with van der Waals surface area (Å²) in [5, 5.41) is 6.96. The molecule has 0 bridgehead atoms. The molecule has 0 saturated carbocycles. The molecule has 0 unspecified atom stereocenters. The van der Waals surface area contributed by atoms with Crippen molar-refractivity contribution >= 4 is 17.3 Å². The quantitative estimate of drug-likeness (QED) is 0.491. The second-order valence-electron chi connectivity index (χ2n) is 5.88. The van der Waals surface area contributed by atoms with E-state index in [0.717, 1.165) is 11.1 Å². The largest absolute Gasteiger partial charge is 0.490 e. The van der Waals surface area contributed by atoms with Gasteiger partial charge in [0.15, 0.2) is 0 Å². The molecule has 0 fully saturated rings. The normalized spacial score (nSPS) is 10.6. The number of aryl methyl sites for hydroxylation is 1. The van der Waals surface area contributed by atoms with Crippen LogP contribution in [-0.2, 0) is 11.8 Å². The van der Waals surface area contributed by atoms with E-state index in [9.17, 15) is 4.79 Å². The molecule has 3 aromatic rings. The van der Waals surface area contributed by atoms with Crippen LogP contribution in [0, 0.1) is 0 Å². The minimum absolute atomic E-state index is 0.264. The van der Waals surface area contributed by atoms with Crippen LogP contribution in [0.25, 0.3) is 11.1 Å². The van der Waals surface area contributed by atoms with E-state index >= 15 is 0 Å². The number of carbonyl (C=O) groups is 1. The number of aromatic nitrogens is 3. The molecule has 0 aliphatic heterocycles. The first-order chi connectivity index (χ1) is 13.1. The molecule has 3 N–H and O–H groups in total. The third-order valence-electron chi connectivity index (χ3n) is 3.86. The highest BCUT2D eigenvalue weighted by atomic mass is 16.5. The molecule has 0 radical (unpaired) electrons. The molecule has 140 valence electrons. The first-order valence-corrected chi connectivity index (χ1v) is 8.34. The Kier molecular flexibility index (Phi) is 5.68. The Bertz CT molecular complexity index is 921. The van der Waals surface area contributed by atoms with Gasteiger partial charge in [0.1, 0.15) is 18.1 Å². The minimum atomic E-state index is -0.353. The fourth-order valence-electron chi connectivity index (χ4n) is 2.44. The van der Waals surface area contributed by atoms with Gasteiger partial charge in [0.25, 0.3) is 5.91 Å². The summed E-state index contributed by atoms with van der Waals surface area (Å²) in [6, 6.07) is 8.72. The number of anilines is 2. The summed E-state index contributed by atoms with van der Waals surface area (Å²) in [6.07, 6.45) is 5.14. The molecule has 0 aliphatic rings. The van der Waals surface area contributed by atoms with Crippen molar-refractivity contribution in [1.29, 1.82) is 0 Å². The van der Waals surface area contributed by atoms with Crippen molar-refractivity contribution in [3.63, 3.8) is 0 Å². The van der Waals surface area contributed by atoms with E-state index < -0.39 is 0 Å². The average Bonchev–Trinajstić information content (AvgIpc) is 3.10. The van der Waals surface area contributed by atoms with E-state index in [0.29, 0.717) is 30.3 Å². The number of nitrogens with two attached hydrogens (primary N) is 1. The smallest absolute Gasteiger partial charge is 0.274 e. The van der Waals surface area contributed by atoms with E-state index in [1.807, 2.05) is 25.4 Å². The second-order valence-corrected chi connectivity index (χ2v) is 5.88. The van der Waals surface area contributed by atoms with Crippen molar-refractivity contribution in [2.45, 2.75) is 0 Å². The van der Waals surface area contributed by atoms with Gasteiger partial charge in [0, 0.05) is 25.9 Å². The number of nitrogen functional groups attached to an aromatic ring is 1. The first-order valence-electron chi connectivity index (χ1n) is 8.34. The fourth-order valence-corrected chi connectivity index (χ4v) is 2.44. The molecule has 27 heavy (non-hydrogen) atoms. The number of amides is 1. The van der Waals surface area contributed by atoms with E-state index in [1.165, 1.54) is 6.20 Å². The van der Waals surface area contributed by atoms with Crippen LogP contribution in [0.3, 0.4) is 0 Å². The Labute approximate surface area is 156 Å². The third-order valence-corrected chi connectivity index (χ3v) is 3.86. The third kappa shape index (κ3) is 4.62. The zero-order valence-electron chi connectivity index (χ0n) is 15.2. The van der Waals surface area contributed by atoms with Crippen LogP contribution in [0.5, 0.6) is 5.75 Å². The van der Waals surface area contributed by atoms with Gasteiger partial charge in [-0.1, -0.05) is 6.07 Å². The number of hydrogen-bond donors (Lipinski definition) is 2. The number of pyridine rings is 1. The predicted octanol–water partition coefficient (Wildman–Crippen LogP) is 2.34. The molecule has 0 spiro atoms. The average molecular weight is 367 g/mol. The monoisotopic (exact) mass is 367 g/mol. The van der Waals surface area contributed by atoms with Crippen LogP contribution >= 0.6 is 0 Å². The summed E-state index contributed by atoms with van der Waals surface area (Å²) in [6.45, 7) is 0.899. The standard InChI is InChI=1S/C19H21N5O3/c1-24-12-14(10-22-24)13-3-5-16(20)18(9-13)23-19(25)17-6-4-15(11-21-17)27-8-7-26-2/h3-6,9-12H,7-8,20H2,1-2H3,(H,23,25). The Hall–Kier alpha value is -3.39. The van der Waals surface area contributed by atoms with Crippen LogP contribution in [-0.4, -0.2) is 41.0 Å². The first kappa shape index (κ1) is 18.4. The van der Waals surface area contributed by atoms with Crippen LogP contribution < -0.4 is 15.8 Å². The number of ether oxygens (including phenoxy) is 2. The zero-order valence-corrected chi connectivity index (χ0v) is 15.2. The zero-order chi connectivity index (χ0) is 19.2. The van der Waals surface area contributed by atoms with Gasteiger partial charge < -0.3 is 20.5 Å². The van der Waals surface area contributed by atoms with Gasteiger partial charge in [-0.2, -0.15) is 5.10 Å². The topological polar surface area (TPSA) is 104 Å². The van der Waals surface area contributed by atoms with Crippen LogP contribution in [0.1, 0.15) is 10.5 Å². The highest BCUT2D eigenvalue weighted by Crippen LogP contribution is 2.27. The van der Waals surface area contributed by atoms with Crippen molar-refractivity contribution in [2.24, 2.45) is 7.05 Å². The number of nitrogens with one attached hydrogen (secondary N) is 1. The van der Waals surface area contributed by atoms with Gasteiger partial charge in [0.2, 0.25) is 0 Å². The number of hydrogen-bond acceptors (Lipinski definition) is 6. The van der Waals surface area contributed by atoms with Crippen molar-refractivity contribution in [2.75, 3.05) is 31.4 Å². The maximum atomic E-state index is 12.5. The minimum Gasteiger partial charge on any atom is -0.490 e. The van der Waals surface area contributed by atoms with Gasteiger partial charge in [0.05, 0.1) is 30.4 Å². The number of methoxy groups -OCH3 is 1. The maximum Gasteiger partial charge on any atom is 0.274 e. The molecular formula is C19H21N5O3. The van der Waals surface area contributed by atoms with E-state index in [4.69, 9.17) is 15.2 Å². The van der Waals surface area contributed by atoms with Crippen LogP contribution in [0.15, 0.2) is 48.9 Å². The molecule has 2 aromatic heterocycles. The molecule has 8 nitrogen and oxygen atoms in total. The Balaban J connectivity index is 1.72. The number of rotatable bonds is 7. The molecule has 2 heterocycles. The summed E-state index contributed by atoms with van der Waals surface area (Å²) in [4.78, 5) is 16.6. The predicted molar refractivity (Wildman–Crippen MR) is 103 cm³/mol. The summed E-state index contributed by atoms with van der Waals surface area (Å²) in [5.74, 6) is 0.218. The van der Waals surface area contributed by atoms with Gasteiger partial charge in [-0.3, -0.25) is 9.48 Å². The van der Waals surface area contributed by atoms with Crippen molar-refractivity contribution < 1.29 is 14.3 Å². The Morgan fingerprint density at radius 2 is 2.04 bits per heavy atom. The lowest BCUT2D eigenvalue weighted by molar-refractivity contribution is 0.102. The summed E-state index contributed by atoms with van der Waals surface area (Å²) < 4.78 is 12.1. The van der Waals surface area contributed by atoms with Crippen LogP contribution in [0.4, 0.5) is 11.4 Å². The Morgan fingerprint density at radius 1 is 1.19 bits per heavy atom. The Morgan fingerprint density at radius 3 is 2.70 bits per heavy atom. The van der Waals surface area contributed by atoms with Gasteiger partial charge in [-0.15, -0.1) is 0 Å². The van der Waals surface area contributed by atoms with Crippen LogP contribution in [0.2, 0.25) is 0 Å². The van der Waals surface area contributed by atoms with Crippen molar-refractivity contribution in [1.82, 2.24) is 14.8 Å². The van der Waals surface area contributed by atoms with Crippen molar-refractivity contribution in [3.05, 3.63) is 54.6 Å². The summed E-state index contributed by atoms with van der Waals surface area (Å²) >= 11 is 0. The summed E-state index contributed by atoms with van der Waals surface area (Å²) in [7, 11) is 3.45. The molecule has 1 amide bonds. The lowest BCUT2D eigenvalue weighted by Crippen LogP contribution is -2.15. The highest BCUT2D eigenvalue weighted by molar-refractivity contribution is 6.04. The van der Waals surface area contributed by atoms with Gasteiger partial charge in [-0.05, 0) is 29.8 Å². The lowest BCUT2D eigenvalue weighted by atomic mass is 10.1. The molecule has 0 saturated heterocycles. The maximum absolute atomic E-state index is 12.5. The lowest BCUT2D eigenvalue weighted by Gasteiger charge is -2.10.